The molecule has 0 radical (unpaired) electrons. The minimum absolute atomic E-state index is 0.168. The number of nitrogens with one attached hydrogen (secondary N) is 1. The van der Waals surface area contributed by atoms with Crippen LogP contribution >= 0.6 is 0 Å². The first-order valence-electron chi connectivity index (χ1n) is 7.63. The maximum absolute atomic E-state index is 12.3. The molecule has 0 saturated heterocycles. The smallest absolute Gasteiger partial charge is 0.251 e. The Kier molecular flexibility index (Phi) is 5.57. The van der Waals surface area contributed by atoms with E-state index < -0.39 is 0 Å². The number of carbonyl (C=O) groups is 1. The van der Waals surface area contributed by atoms with Crippen molar-refractivity contribution in [1.29, 1.82) is 0 Å². The van der Waals surface area contributed by atoms with Gasteiger partial charge in [-0.15, -0.1) is 0 Å². The van der Waals surface area contributed by atoms with E-state index >= 15 is 0 Å². The third-order valence-corrected chi connectivity index (χ3v) is 3.32. The number of benzene rings is 1. The van der Waals surface area contributed by atoms with Crippen molar-refractivity contribution in [2.75, 3.05) is 6.61 Å². The van der Waals surface area contributed by atoms with Crippen LogP contribution < -0.4 is 10.1 Å². The van der Waals surface area contributed by atoms with Gasteiger partial charge in [0.05, 0.1) is 11.7 Å². The first kappa shape index (κ1) is 16.8. The quantitative estimate of drug-likeness (QED) is 0.792. The molecule has 0 aliphatic rings. The summed E-state index contributed by atoms with van der Waals surface area (Å²) in [6, 6.07) is 8.62. The van der Waals surface area contributed by atoms with Gasteiger partial charge in [-0.05, 0) is 50.1 Å². The summed E-state index contributed by atoms with van der Waals surface area (Å²) in [6.45, 7) is 10.0. The molecule has 2 rings (SSSR count). The van der Waals surface area contributed by atoms with Crippen molar-refractivity contribution in [2.24, 2.45) is 0 Å². The van der Waals surface area contributed by atoms with E-state index in [1.54, 1.807) is 24.3 Å². The lowest BCUT2D eigenvalue weighted by Crippen LogP contribution is -2.26. The highest BCUT2D eigenvalue weighted by Gasteiger charge is 2.15. The molecule has 1 heterocycles. The number of rotatable bonds is 7. The van der Waals surface area contributed by atoms with Gasteiger partial charge in [0.25, 0.3) is 5.91 Å². The Labute approximate surface area is 136 Å². The predicted molar refractivity (Wildman–Crippen MR) is 88.5 cm³/mol. The number of amides is 1. The van der Waals surface area contributed by atoms with Crippen molar-refractivity contribution in [2.45, 2.75) is 33.2 Å². The van der Waals surface area contributed by atoms with Crippen LogP contribution in [0.5, 0.6) is 5.75 Å². The first-order chi connectivity index (χ1) is 11.0. The number of carbonyl (C=O) groups excluding carboxylic acids is 1. The summed E-state index contributed by atoms with van der Waals surface area (Å²) in [5, 5.41) is 6.82. The average Bonchev–Trinajstić information content (AvgIpc) is 3.02. The SMILES string of the molecule is C=C(C)COc1ccc(C(=O)NC(C)c2cc(CC)no2)cc1. The number of aromatic nitrogens is 1. The predicted octanol–water partition coefficient (Wildman–Crippen LogP) is 3.68. The Morgan fingerprint density at radius 2 is 2.09 bits per heavy atom. The fourth-order valence-electron chi connectivity index (χ4n) is 1.96. The number of aryl methyl sites for hydroxylation is 1. The van der Waals surface area contributed by atoms with Crippen LogP contribution in [0.3, 0.4) is 0 Å². The van der Waals surface area contributed by atoms with Crippen LogP contribution in [0, 0.1) is 0 Å². The van der Waals surface area contributed by atoms with Crippen LogP contribution in [0.1, 0.15) is 48.6 Å². The van der Waals surface area contributed by atoms with E-state index in [0.29, 0.717) is 23.7 Å². The molecule has 0 aliphatic heterocycles. The first-order valence-corrected chi connectivity index (χ1v) is 7.63. The molecule has 1 amide bonds. The van der Waals surface area contributed by atoms with Gasteiger partial charge in [-0.25, -0.2) is 0 Å². The van der Waals surface area contributed by atoms with Gasteiger partial charge in [0.15, 0.2) is 5.76 Å². The van der Waals surface area contributed by atoms with E-state index in [4.69, 9.17) is 9.26 Å². The van der Waals surface area contributed by atoms with Gasteiger partial charge in [-0.2, -0.15) is 0 Å². The van der Waals surface area contributed by atoms with Crippen molar-refractivity contribution >= 4 is 5.91 Å². The number of ether oxygens (including phenoxy) is 1. The molecule has 1 aromatic heterocycles. The second-order valence-electron chi connectivity index (χ2n) is 5.54. The summed E-state index contributed by atoms with van der Waals surface area (Å²) < 4.78 is 10.7. The molecular weight excluding hydrogens is 292 g/mol. The Balaban J connectivity index is 1.95. The van der Waals surface area contributed by atoms with Gasteiger partial charge in [0, 0.05) is 11.6 Å². The zero-order valence-corrected chi connectivity index (χ0v) is 13.8. The summed E-state index contributed by atoms with van der Waals surface area (Å²) >= 11 is 0. The van der Waals surface area contributed by atoms with Crippen molar-refractivity contribution in [3.05, 3.63) is 59.5 Å². The van der Waals surface area contributed by atoms with Crippen molar-refractivity contribution in [1.82, 2.24) is 10.5 Å². The average molecular weight is 314 g/mol. The number of nitrogens with zero attached hydrogens (tertiary/aromatic N) is 1. The van der Waals surface area contributed by atoms with Crippen molar-refractivity contribution in [3.8, 4) is 5.75 Å². The van der Waals surface area contributed by atoms with Gasteiger partial charge >= 0.3 is 0 Å². The minimum Gasteiger partial charge on any atom is -0.489 e. The molecule has 1 N–H and O–H groups in total. The Hall–Kier alpha value is -2.56. The molecule has 5 nitrogen and oxygen atoms in total. The van der Waals surface area contributed by atoms with E-state index in [-0.39, 0.29) is 11.9 Å². The fraction of sp³-hybridized carbons (Fsp3) is 0.333. The van der Waals surface area contributed by atoms with Crippen LogP contribution in [0.15, 0.2) is 47.0 Å². The molecule has 0 bridgehead atoms. The van der Waals surface area contributed by atoms with Gasteiger partial charge in [0.1, 0.15) is 12.4 Å². The molecule has 5 heteroatoms. The van der Waals surface area contributed by atoms with Crippen LogP contribution in [0.25, 0.3) is 0 Å². The van der Waals surface area contributed by atoms with Crippen LogP contribution in [-0.4, -0.2) is 17.7 Å². The summed E-state index contributed by atoms with van der Waals surface area (Å²) in [5.41, 5.74) is 2.38. The fourth-order valence-corrected chi connectivity index (χ4v) is 1.96. The van der Waals surface area contributed by atoms with Crippen LogP contribution in [0.4, 0.5) is 0 Å². The molecule has 0 aliphatic carbocycles. The highest BCUT2D eigenvalue weighted by molar-refractivity contribution is 5.94. The second kappa shape index (κ2) is 7.63. The molecule has 1 aromatic carbocycles. The Morgan fingerprint density at radius 1 is 1.39 bits per heavy atom. The van der Waals surface area contributed by atoms with Crippen LogP contribution in [-0.2, 0) is 6.42 Å². The topological polar surface area (TPSA) is 64.4 Å². The third kappa shape index (κ3) is 4.71. The zero-order valence-electron chi connectivity index (χ0n) is 13.8. The maximum Gasteiger partial charge on any atom is 0.251 e. The molecule has 1 atom stereocenters. The van der Waals surface area contributed by atoms with Gasteiger partial charge in [-0.1, -0.05) is 18.7 Å². The lowest BCUT2D eigenvalue weighted by molar-refractivity contribution is 0.0933. The molecule has 1 unspecified atom stereocenters. The Morgan fingerprint density at radius 3 is 2.65 bits per heavy atom. The van der Waals surface area contributed by atoms with Gasteiger partial charge < -0.3 is 14.6 Å². The molecular formula is C18H22N2O3. The highest BCUT2D eigenvalue weighted by atomic mass is 16.5. The summed E-state index contributed by atoms with van der Waals surface area (Å²) in [4.78, 5) is 12.3. The summed E-state index contributed by atoms with van der Waals surface area (Å²) in [5.74, 6) is 1.19. The molecule has 0 spiro atoms. The maximum atomic E-state index is 12.3. The molecule has 0 saturated carbocycles. The van der Waals surface area contributed by atoms with Gasteiger partial charge in [-0.3, -0.25) is 4.79 Å². The lowest BCUT2D eigenvalue weighted by Gasteiger charge is -2.11. The van der Waals surface area contributed by atoms with Gasteiger partial charge in [0.2, 0.25) is 0 Å². The molecule has 0 fully saturated rings. The summed E-state index contributed by atoms with van der Waals surface area (Å²) in [7, 11) is 0. The van der Waals surface area contributed by atoms with Crippen LogP contribution in [0.2, 0.25) is 0 Å². The largest absolute Gasteiger partial charge is 0.489 e. The minimum atomic E-state index is -0.241. The normalized spacial score (nSPS) is 11.8. The molecule has 2 aromatic rings. The van der Waals surface area contributed by atoms with E-state index in [9.17, 15) is 4.79 Å². The van der Waals surface area contributed by atoms with E-state index in [0.717, 1.165) is 17.7 Å². The number of hydrogen-bond acceptors (Lipinski definition) is 4. The third-order valence-electron chi connectivity index (χ3n) is 3.32. The van der Waals surface area contributed by atoms with Crippen molar-refractivity contribution in [3.63, 3.8) is 0 Å². The monoisotopic (exact) mass is 314 g/mol. The van der Waals surface area contributed by atoms with E-state index in [2.05, 4.69) is 17.1 Å². The number of hydrogen-bond donors (Lipinski definition) is 1. The van der Waals surface area contributed by atoms with Crippen molar-refractivity contribution < 1.29 is 14.1 Å². The molecule has 23 heavy (non-hydrogen) atoms. The second-order valence-corrected chi connectivity index (χ2v) is 5.54. The molecule has 122 valence electrons. The standard InChI is InChI=1S/C18H22N2O3/c1-5-15-10-17(23-20-15)13(4)19-18(21)14-6-8-16(9-7-14)22-11-12(2)3/h6-10,13H,2,5,11H2,1,3-4H3,(H,19,21). The lowest BCUT2D eigenvalue weighted by atomic mass is 10.1. The Bertz CT molecular complexity index is 674. The van der Waals surface area contributed by atoms with E-state index in [1.165, 1.54) is 0 Å². The highest BCUT2D eigenvalue weighted by Crippen LogP contribution is 2.16. The zero-order chi connectivity index (χ0) is 16.8. The summed E-state index contributed by atoms with van der Waals surface area (Å²) in [6.07, 6.45) is 0.801. The van der Waals surface area contributed by atoms with E-state index in [1.807, 2.05) is 26.8 Å².